The molecule has 1 saturated carbocycles. The fourth-order valence-corrected chi connectivity index (χ4v) is 4.82. The largest absolute Gasteiger partial charge is 0.424 e. The molecule has 1 unspecified atom stereocenters. The van der Waals surface area contributed by atoms with Crippen molar-refractivity contribution >= 4 is 23.6 Å². The van der Waals surface area contributed by atoms with E-state index in [4.69, 9.17) is 20.8 Å². The average Bonchev–Trinajstić information content (AvgIpc) is 3.39. The lowest BCUT2D eigenvalue weighted by Crippen LogP contribution is -2.48. The minimum Gasteiger partial charge on any atom is -0.424 e. The molecule has 3 heterocycles. The fraction of sp³-hybridized carbons (Fsp3) is 0.524. The first-order valence-corrected chi connectivity index (χ1v) is 11.2. The van der Waals surface area contributed by atoms with Gasteiger partial charge < -0.3 is 19.4 Å². The Hall–Kier alpha value is -2.81. The van der Waals surface area contributed by atoms with E-state index in [-0.39, 0.29) is 0 Å². The van der Waals surface area contributed by atoms with E-state index in [1.165, 1.54) is 0 Å². The molecule has 0 spiro atoms. The number of nitrogens with one attached hydrogen (secondary N) is 1. The molecular formula is C21H26ClN7O2. The minimum absolute atomic E-state index is 0.316. The van der Waals surface area contributed by atoms with Crippen LogP contribution in [0.5, 0.6) is 11.8 Å². The van der Waals surface area contributed by atoms with E-state index in [0.29, 0.717) is 52.5 Å². The van der Waals surface area contributed by atoms with Gasteiger partial charge in [-0.2, -0.15) is 4.98 Å². The van der Waals surface area contributed by atoms with E-state index >= 15 is 0 Å². The summed E-state index contributed by atoms with van der Waals surface area (Å²) in [5, 5.41) is 17.0. The topological polar surface area (TPSA) is 94.1 Å². The van der Waals surface area contributed by atoms with Crippen molar-refractivity contribution in [1.82, 2.24) is 25.0 Å². The Bertz CT molecular complexity index is 1040. The summed E-state index contributed by atoms with van der Waals surface area (Å²) in [4.78, 5) is 6.85. The van der Waals surface area contributed by atoms with Gasteiger partial charge in [-0.1, -0.05) is 29.7 Å². The highest BCUT2D eigenvalue weighted by Gasteiger charge is 2.43. The minimum atomic E-state index is 0.316. The van der Waals surface area contributed by atoms with Crippen LogP contribution in [0.1, 0.15) is 32.1 Å². The van der Waals surface area contributed by atoms with Crippen molar-refractivity contribution in [2.45, 2.75) is 45.7 Å². The lowest BCUT2D eigenvalue weighted by atomic mass is 9.92. The van der Waals surface area contributed by atoms with Crippen LogP contribution >= 0.6 is 11.6 Å². The Morgan fingerprint density at radius 1 is 1.23 bits per heavy atom. The number of ether oxygens (including phenoxy) is 1. The third-order valence-electron chi connectivity index (χ3n) is 5.99. The van der Waals surface area contributed by atoms with Crippen molar-refractivity contribution in [3.8, 4) is 11.8 Å². The molecule has 9 nitrogen and oxygen atoms in total. The van der Waals surface area contributed by atoms with Crippen molar-refractivity contribution in [2.24, 2.45) is 11.8 Å². The highest BCUT2D eigenvalue weighted by atomic mass is 35.5. The predicted molar refractivity (Wildman–Crippen MR) is 117 cm³/mol. The zero-order valence-electron chi connectivity index (χ0n) is 17.7. The summed E-state index contributed by atoms with van der Waals surface area (Å²) in [6.07, 6.45) is 3.25. The molecule has 1 saturated heterocycles. The SMILES string of the molecule is CCCn1nc(NC2[C@@H]3CC[C@H]2CN(c2nnc(C)o2)C3)nc1Oc1cccc(Cl)c1. The molecule has 0 amide bonds. The summed E-state index contributed by atoms with van der Waals surface area (Å²) in [7, 11) is 0. The van der Waals surface area contributed by atoms with Crippen LogP contribution in [0.15, 0.2) is 28.7 Å². The number of benzene rings is 1. The number of hydrogen-bond acceptors (Lipinski definition) is 8. The van der Waals surface area contributed by atoms with Crippen LogP contribution in [-0.2, 0) is 6.54 Å². The van der Waals surface area contributed by atoms with E-state index in [2.05, 4.69) is 37.4 Å². The summed E-state index contributed by atoms with van der Waals surface area (Å²) < 4.78 is 13.4. The number of halogens is 1. The molecule has 3 aromatic rings. The Kier molecular flexibility index (Phi) is 5.43. The number of piperidine rings is 1. The van der Waals surface area contributed by atoms with Gasteiger partial charge in [-0.3, -0.25) is 0 Å². The van der Waals surface area contributed by atoms with Crippen LogP contribution in [0.4, 0.5) is 12.0 Å². The van der Waals surface area contributed by atoms with Gasteiger partial charge in [0.2, 0.25) is 11.8 Å². The summed E-state index contributed by atoms with van der Waals surface area (Å²) >= 11 is 6.09. The second-order valence-electron chi connectivity index (χ2n) is 8.28. The molecule has 2 aromatic heterocycles. The predicted octanol–water partition coefficient (Wildman–Crippen LogP) is 4.15. The second kappa shape index (κ2) is 8.37. The molecule has 2 aliphatic rings. The fourth-order valence-electron chi connectivity index (χ4n) is 4.64. The molecule has 1 aliphatic carbocycles. The van der Waals surface area contributed by atoms with Gasteiger partial charge in [-0.15, -0.1) is 10.2 Å². The number of hydrogen-bond donors (Lipinski definition) is 1. The molecule has 1 aromatic carbocycles. The van der Waals surface area contributed by atoms with Crippen molar-refractivity contribution in [2.75, 3.05) is 23.3 Å². The Balaban J connectivity index is 1.31. The summed E-state index contributed by atoms with van der Waals surface area (Å²) in [5.74, 6) is 2.80. The maximum atomic E-state index is 6.09. The van der Waals surface area contributed by atoms with Gasteiger partial charge in [0, 0.05) is 37.6 Å². The second-order valence-corrected chi connectivity index (χ2v) is 8.71. The van der Waals surface area contributed by atoms with E-state index in [1.54, 1.807) is 6.07 Å². The number of rotatable bonds is 7. The van der Waals surface area contributed by atoms with Crippen LogP contribution in [-0.4, -0.2) is 44.1 Å². The number of aryl methyl sites for hydroxylation is 2. The molecule has 2 fully saturated rings. The lowest BCUT2D eigenvalue weighted by molar-refractivity contribution is 0.357. The van der Waals surface area contributed by atoms with E-state index < -0.39 is 0 Å². The van der Waals surface area contributed by atoms with Crippen molar-refractivity contribution in [3.05, 3.63) is 35.2 Å². The molecule has 164 valence electrons. The van der Waals surface area contributed by atoms with Gasteiger partial charge in [-0.25, -0.2) is 4.68 Å². The molecule has 1 aliphatic heterocycles. The van der Waals surface area contributed by atoms with Crippen molar-refractivity contribution < 1.29 is 9.15 Å². The Morgan fingerprint density at radius 3 is 2.71 bits per heavy atom. The smallest absolute Gasteiger partial charge is 0.322 e. The maximum Gasteiger partial charge on any atom is 0.322 e. The van der Waals surface area contributed by atoms with Crippen molar-refractivity contribution in [3.63, 3.8) is 0 Å². The zero-order chi connectivity index (χ0) is 21.4. The van der Waals surface area contributed by atoms with Gasteiger partial charge in [-0.05, 0) is 49.3 Å². The number of nitrogens with zero attached hydrogens (tertiary/aromatic N) is 6. The highest BCUT2D eigenvalue weighted by Crippen LogP contribution is 2.40. The van der Waals surface area contributed by atoms with E-state index in [0.717, 1.165) is 38.9 Å². The molecule has 31 heavy (non-hydrogen) atoms. The maximum absolute atomic E-state index is 6.09. The summed E-state index contributed by atoms with van der Waals surface area (Å²) in [6, 6.07) is 8.71. The summed E-state index contributed by atoms with van der Waals surface area (Å²) in [5.41, 5.74) is 0. The zero-order valence-corrected chi connectivity index (χ0v) is 18.4. The number of fused-ring (bicyclic) bond motifs is 2. The van der Waals surface area contributed by atoms with Gasteiger partial charge >= 0.3 is 12.0 Å². The molecule has 10 heteroatoms. The van der Waals surface area contributed by atoms with Gasteiger partial charge in [0.15, 0.2) is 0 Å². The highest BCUT2D eigenvalue weighted by molar-refractivity contribution is 6.30. The molecule has 3 atom stereocenters. The molecular weight excluding hydrogens is 418 g/mol. The monoisotopic (exact) mass is 443 g/mol. The van der Waals surface area contributed by atoms with Gasteiger partial charge in [0.05, 0.1) is 0 Å². The Morgan fingerprint density at radius 2 is 2.03 bits per heavy atom. The number of anilines is 2. The lowest BCUT2D eigenvalue weighted by Gasteiger charge is -2.37. The quantitative estimate of drug-likeness (QED) is 0.581. The van der Waals surface area contributed by atoms with Crippen LogP contribution < -0.4 is 15.0 Å². The Labute approximate surface area is 185 Å². The average molecular weight is 444 g/mol. The first-order valence-electron chi connectivity index (χ1n) is 10.8. The van der Waals surface area contributed by atoms with Gasteiger partial charge in [0.1, 0.15) is 5.75 Å². The molecule has 1 N–H and O–H groups in total. The first kappa shape index (κ1) is 20.1. The number of aromatic nitrogens is 5. The van der Waals surface area contributed by atoms with Crippen LogP contribution in [0.2, 0.25) is 5.02 Å². The molecule has 0 radical (unpaired) electrons. The van der Waals surface area contributed by atoms with Gasteiger partial charge in [0.25, 0.3) is 0 Å². The van der Waals surface area contributed by atoms with E-state index in [1.807, 2.05) is 29.8 Å². The molecule has 5 rings (SSSR count). The standard InChI is InChI=1S/C21H26ClN7O2/c1-3-9-29-20(31-17-6-4-5-16(22)10-17)24-19(27-29)23-18-14-7-8-15(18)12-28(11-14)21-26-25-13(2)30-21/h4-6,10,14-15,18H,3,7-9,11-12H2,1-2H3,(H,23,27)/t14-,15+,18?. The van der Waals surface area contributed by atoms with Crippen LogP contribution in [0.25, 0.3) is 0 Å². The summed E-state index contributed by atoms with van der Waals surface area (Å²) in [6.45, 7) is 6.43. The first-order chi connectivity index (χ1) is 15.1. The normalized spacial score (nSPS) is 22.7. The third-order valence-corrected chi connectivity index (χ3v) is 6.23. The third kappa shape index (κ3) is 4.19. The van der Waals surface area contributed by atoms with Crippen LogP contribution in [0.3, 0.4) is 0 Å². The van der Waals surface area contributed by atoms with Crippen LogP contribution in [0, 0.1) is 18.8 Å². The molecule has 2 bridgehead atoms. The van der Waals surface area contributed by atoms with E-state index in [9.17, 15) is 0 Å². The van der Waals surface area contributed by atoms with Crippen molar-refractivity contribution in [1.29, 1.82) is 0 Å².